The fourth-order valence-corrected chi connectivity index (χ4v) is 4.27. The zero-order chi connectivity index (χ0) is 24.2. The molecule has 0 atom stereocenters. The summed E-state index contributed by atoms with van der Waals surface area (Å²) in [6, 6.07) is 23.4. The van der Waals surface area contributed by atoms with Gasteiger partial charge in [-0.25, -0.2) is 0 Å². The number of nitrogens with zero attached hydrogens (tertiary/aromatic N) is 2. The Balaban J connectivity index is 1.75. The van der Waals surface area contributed by atoms with Crippen molar-refractivity contribution < 1.29 is 9.53 Å². The molecule has 0 saturated heterocycles. The Kier molecular flexibility index (Phi) is 6.72. The largest absolute Gasteiger partial charge is 0.495 e. The molecule has 0 unspecified atom stereocenters. The number of aromatic nitrogens is 1. The Bertz CT molecular complexity index is 1460. The van der Waals surface area contributed by atoms with E-state index in [1.54, 1.807) is 24.3 Å². The van der Waals surface area contributed by atoms with Gasteiger partial charge in [-0.15, -0.1) is 0 Å². The number of hydrogen-bond donors (Lipinski definition) is 1. The molecule has 0 saturated carbocycles. The third-order valence-electron chi connectivity index (χ3n) is 5.77. The standard InChI is InChI=1S/C28H24ClN3O2/c1-18-7-6-8-20(13-18)17-32-19(2)24(23-9-4-5-10-26(23)32)14-21(16-30)28(33)31-25-15-22(29)11-12-27(25)34-3/h4-15H,17H2,1-3H3,(H,31,33)/b21-14+. The van der Waals surface area contributed by atoms with Crippen molar-refractivity contribution in [2.24, 2.45) is 0 Å². The number of hydrogen-bond acceptors (Lipinski definition) is 3. The van der Waals surface area contributed by atoms with Gasteiger partial charge in [0.15, 0.2) is 0 Å². The molecule has 170 valence electrons. The minimum atomic E-state index is -0.530. The lowest BCUT2D eigenvalue weighted by atomic mass is 10.1. The minimum Gasteiger partial charge on any atom is -0.495 e. The normalized spacial score (nSPS) is 11.3. The van der Waals surface area contributed by atoms with E-state index in [9.17, 15) is 10.1 Å². The highest BCUT2D eigenvalue weighted by Crippen LogP contribution is 2.31. The van der Waals surface area contributed by atoms with Crippen LogP contribution in [0.1, 0.15) is 22.4 Å². The monoisotopic (exact) mass is 469 g/mol. The number of nitriles is 1. The molecule has 1 aromatic heterocycles. The van der Waals surface area contributed by atoms with Crippen molar-refractivity contribution >= 4 is 40.2 Å². The molecule has 3 aromatic carbocycles. The van der Waals surface area contributed by atoms with Crippen LogP contribution in [0.15, 0.2) is 72.3 Å². The predicted octanol–water partition coefficient (Wildman–Crippen LogP) is 6.51. The second-order valence-corrected chi connectivity index (χ2v) is 8.50. The highest BCUT2D eigenvalue weighted by atomic mass is 35.5. The number of methoxy groups -OCH3 is 1. The molecule has 1 amide bonds. The Hall–Kier alpha value is -4.01. The van der Waals surface area contributed by atoms with E-state index in [4.69, 9.17) is 16.3 Å². The van der Waals surface area contributed by atoms with Gasteiger partial charge in [0, 0.05) is 33.7 Å². The highest BCUT2D eigenvalue weighted by Gasteiger charge is 2.17. The number of para-hydroxylation sites is 1. The van der Waals surface area contributed by atoms with Crippen molar-refractivity contribution in [2.45, 2.75) is 20.4 Å². The molecule has 4 rings (SSSR count). The lowest BCUT2D eigenvalue weighted by Crippen LogP contribution is -2.14. The summed E-state index contributed by atoms with van der Waals surface area (Å²) in [6.45, 7) is 4.77. The van der Waals surface area contributed by atoms with Gasteiger partial charge < -0.3 is 14.6 Å². The predicted molar refractivity (Wildman–Crippen MR) is 137 cm³/mol. The summed E-state index contributed by atoms with van der Waals surface area (Å²) in [4.78, 5) is 13.0. The first-order valence-corrected chi connectivity index (χ1v) is 11.2. The Morgan fingerprint density at radius 3 is 2.65 bits per heavy atom. The average Bonchev–Trinajstić information content (AvgIpc) is 3.08. The van der Waals surface area contributed by atoms with Crippen LogP contribution in [-0.2, 0) is 11.3 Å². The molecule has 6 heteroatoms. The van der Waals surface area contributed by atoms with E-state index in [0.29, 0.717) is 23.0 Å². The average molecular weight is 470 g/mol. The van der Waals surface area contributed by atoms with Crippen LogP contribution in [0.5, 0.6) is 5.75 Å². The molecule has 0 bridgehead atoms. The van der Waals surface area contributed by atoms with Crippen LogP contribution in [0.3, 0.4) is 0 Å². The molecule has 5 nitrogen and oxygen atoms in total. The number of rotatable bonds is 6. The van der Waals surface area contributed by atoms with E-state index in [1.807, 2.05) is 31.2 Å². The lowest BCUT2D eigenvalue weighted by Gasteiger charge is -2.10. The van der Waals surface area contributed by atoms with E-state index < -0.39 is 5.91 Å². The van der Waals surface area contributed by atoms with Gasteiger partial charge in [0.25, 0.3) is 5.91 Å². The number of ether oxygens (including phenoxy) is 1. The quantitative estimate of drug-likeness (QED) is 0.258. The van der Waals surface area contributed by atoms with Crippen LogP contribution in [0.25, 0.3) is 17.0 Å². The molecule has 0 aliphatic heterocycles. The maximum Gasteiger partial charge on any atom is 0.266 e. The Labute approximate surface area is 203 Å². The van der Waals surface area contributed by atoms with Gasteiger partial charge in [-0.2, -0.15) is 5.26 Å². The summed E-state index contributed by atoms with van der Waals surface area (Å²) in [7, 11) is 1.51. The molecular formula is C28H24ClN3O2. The second-order valence-electron chi connectivity index (χ2n) is 8.06. The van der Waals surface area contributed by atoms with Gasteiger partial charge >= 0.3 is 0 Å². The number of benzene rings is 3. The zero-order valence-corrected chi connectivity index (χ0v) is 20.0. The van der Waals surface area contributed by atoms with Crippen molar-refractivity contribution in [3.8, 4) is 11.8 Å². The van der Waals surface area contributed by atoms with E-state index >= 15 is 0 Å². The van der Waals surface area contributed by atoms with E-state index in [1.165, 1.54) is 18.2 Å². The first-order chi connectivity index (χ1) is 16.4. The number of halogens is 1. The van der Waals surface area contributed by atoms with E-state index in [-0.39, 0.29) is 5.57 Å². The van der Waals surface area contributed by atoms with Gasteiger partial charge in [0.05, 0.1) is 12.8 Å². The fraction of sp³-hybridized carbons (Fsp3) is 0.143. The number of aryl methyl sites for hydroxylation is 1. The number of carbonyl (C=O) groups excluding carboxylic acids is 1. The van der Waals surface area contributed by atoms with Crippen LogP contribution in [0.2, 0.25) is 5.02 Å². The summed E-state index contributed by atoms with van der Waals surface area (Å²) < 4.78 is 7.51. The molecule has 34 heavy (non-hydrogen) atoms. The molecule has 0 aliphatic rings. The molecule has 0 radical (unpaired) electrons. The van der Waals surface area contributed by atoms with Crippen molar-refractivity contribution in [1.29, 1.82) is 5.26 Å². The lowest BCUT2D eigenvalue weighted by molar-refractivity contribution is -0.112. The molecule has 0 aliphatic carbocycles. The minimum absolute atomic E-state index is 0.0106. The molecule has 4 aromatic rings. The van der Waals surface area contributed by atoms with Gasteiger partial charge in [-0.1, -0.05) is 59.6 Å². The molecule has 1 N–H and O–H groups in total. The van der Waals surface area contributed by atoms with E-state index in [2.05, 4.69) is 47.1 Å². The summed E-state index contributed by atoms with van der Waals surface area (Å²) >= 11 is 6.08. The summed E-state index contributed by atoms with van der Waals surface area (Å²) in [6.07, 6.45) is 1.65. The van der Waals surface area contributed by atoms with Gasteiger partial charge in [-0.3, -0.25) is 4.79 Å². The van der Waals surface area contributed by atoms with Crippen LogP contribution < -0.4 is 10.1 Å². The van der Waals surface area contributed by atoms with Crippen LogP contribution in [0, 0.1) is 25.2 Å². The van der Waals surface area contributed by atoms with Crippen LogP contribution in [-0.4, -0.2) is 17.6 Å². The SMILES string of the molecule is COc1ccc(Cl)cc1NC(=O)/C(C#N)=C/c1c(C)n(Cc2cccc(C)c2)c2ccccc12. The summed E-state index contributed by atoms with van der Waals surface area (Å²) in [5, 5.41) is 14.0. The smallest absolute Gasteiger partial charge is 0.266 e. The third-order valence-corrected chi connectivity index (χ3v) is 6.00. The summed E-state index contributed by atoms with van der Waals surface area (Å²) in [5.41, 5.74) is 5.64. The van der Waals surface area contributed by atoms with Crippen LogP contribution in [0.4, 0.5) is 5.69 Å². The third kappa shape index (κ3) is 4.68. The van der Waals surface area contributed by atoms with Crippen LogP contribution >= 0.6 is 11.6 Å². The number of amides is 1. The zero-order valence-electron chi connectivity index (χ0n) is 19.2. The van der Waals surface area contributed by atoms with Crippen molar-refractivity contribution in [3.05, 3.63) is 99.7 Å². The Morgan fingerprint density at radius 2 is 1.91 bits per heavy atom. The summed E-state index contributed by atoms with van der Waals surface area (Å²) in [5.74, 6) is -0.0704. The number of carbonyl (C=O) groups is 1. The van der Waals surface area contributed by atoms with Crippen molar-refractivity contribution in [1.82, 2.24) is 4.57 Å². The maximum atomic E-state index is 13.0. The van der Waals surface area contributed by atoms with Crippen molar-refractivity contribution in [3.63, 3.8) is 0 Å². The molecular weight excluding hydrogens is 446 g/mol. The first-order valence-electron chi connectivity index (χ1n) is 10.8. The van der Waals surface area contributed by atoms with Gasteiger partial charge in [0.2, 0.25) is 0 Å². The molecule has 0 fully saturated rings. The van der Waals surface area contributed by atoms with E-state index in [0.717, 1.165) is 22.2 Å². The van der Waals surface area contributed by atoms with Crippen molar-refractivity contribution in [2.75, 3.05) is 12.4 Å². The molecule has 0 spiro atoms. The topological polar surface area (TPSA) is 67.0 Å². The van der Waals surface area contributed by atoms with Gasteiger partial charge in [-0.05, 0) is 49.8 Å². The fourth-order valence-electron chi connectivity index (χ4n) is 4.10. The number of anilines is 1. The number of fused-ring (bicyclic) bond motifs is 1. The maximum absolute atomic E-state index is 13.0. The molecule has 1 heterocycles. The highest BCUT2D eigenvalue weighted by molar-refractivity contribution is 6.31. The second kappa shape index (κ2) is 9.86. The Morgan fingerprint density at radius 1 is 1.12 bits per heavy atom. The first kappa shape index (κ1) is 23.2. The number of nitrogens with one attached hydrogen (secondary N) is 1. The van der Waals surface area contributed by atoms with Gasteiger partial charge in [0.1, 0.15) is 17.4 Å².